The predicted octanol–water partition coefficient (Wildman–Crippen LogP) is 12.4. The van der Waals surface area contributed by atoms with Crippen molar-refractivity contribution < 1.29 is 4.42 Å². The number of anilines is 3. The van der Waals surface area contributed by atoms with Crippen molar-refractivity contribution in [3.8, 4) is 11.1 Å². The van der Waals surface area contributed by atoms with Gasteiger partial charge < -0.3 is 9.32 Å². The lowest BCUT2D eigenvalue weighted by Crippen LogP contribution is -2.62. The zero-order valence-corrected chi connectivity index (χ0v) is 33.9. The fourth-order valence-corrected chi connectivity index (χ4v) is 14.0. The molecule has 2 aliphatic heterocycles. The molecule has 2 nitrogen and oxygen atoms in total. The van der Waals surface area contributed by atoms with Gasteiger partial charge in [0.15, 0.2) is 8.80 Å². The van der Waals surface area contributed by atoms with Crippen LogP contribution in [0.4, 0.5) is 17.1 Å². The van der Waals surface area contributed by atoms with Gasteiger partial charge in [-0.3, -0.25) is 0 Å². The van der Waals surface area contributed by atoms with Crippen LogP contribution in [0.3, 0.4) is 0 Å². The molecule has 0 amide bonds. The summed E-state index contributed by atoms with van der Waals surface area (Å²) in [6, 6.07) is 80.6. The van der Waals surface area contributed by atoms with Crippen LogP contribution in [0.5, 0.6) is 0 Å². The van der Waals surface area contributed by atoms with E-state index >= 15 is 0 Å². The van der Waals surface area contributed by atoms with Crippen molar-refractivity contribution in [3.63, 3.8) is 0 Å². The second kappa shape index (κ2) is 13.6. The smallest absolute Gasteiger partial charge is 0.155 e. The molecular formula is C55H36NOSSi. The molecule has 0 atom stereocenters. The Hall–Kier alpha value is -6.85. The predicted molar refractivity (Wildman–Crippen MR) is 247 cm³/mol. The number of nitrogens with zero attached hydrogens (tertiary/aromatic N) is 1. The van der Waals surface area contributed by atoms with Crippen molar-refractivity contribution in [1.82, 2.24) is 0 Å². The SMILES string of the molecule is c1ccc(-c2ccc3c(c2)oc2cc(N(c4ccccc4)c4ccc5c(c4)C4(c6ccccc6Sc6ccccc64)c4ccccc4[Si]5c4ccccc4)ccc23)cc1. The number of para-hydroxylation sites is 1. The number of hydrogen-bond acceptors (Lipinski definition) is 3. The van der Waals surface area contributed by atoms with E-state index in [0.717, 1.165) is 44.6 Å². The first-order valence-corrected chi connectivity index (χ1v) is 22.5. The molecule has 2 aliphatic rings. The van der Waals surface area contributed by atoms with Crippen molar-refractivity contribution in [3.05, 3.63) is 241 Å². The molecule has 0 saturated heterocycles. The molecule has 1 spiro atoms. The van der Waals surface area contributed by atoms with E-state index < -0.39 is 14.2 Å². The van der Waals surface area contributed by atoms with Gasteiger partial charge in [0, 0.05) is 43.7 Å². The van der Waals surface area contributed by atoms with Gasteiger partial charge in [0.25, 0.3) is 0 Å². The van der Waals surface area contributed by atoms with Crippen LogP contribution >= 0.6 is 11.8 Å². The highest BCUT2D eigenvalue weighted by Crippen LogP contribution is 2.56. The van der Waals surface area contributed by atoms with Gasteiger partial charge >= 0.3 is 0 Å². The Labute approximate surface area is 349 Å². The second-order valence-corrected chi connectivity index (χ2v) is 18.9. The van der Waals surface area contributed by atoms with Crippen LogP contribution in [0.15, 0.2) is 233 Å². The van der Waals surface area contributed by atoms with Crippen molar-refractivity contribution in [2.75, 3.05) is 4.90 Å². The number of hydrogen-bond donors (Lipinski definition) is 0. The van der Waals surface area contributed by atoms with Gasteiger partial charge in [-0.1, -0.05) is 169 Å². The highest BCUT2D eigenvalue weighted by molar-refractivity contribution is 7.99. The monoisotopic (exact) mass is 786 g/mol. The Bertz CT molecular complexity index is 3170. The Morgan fingerprint density at radius 3 is 1.66 bits per heavy atom. The van der Waals surface area contributed by atoms with Crippen LogP contribution in [0.1, 0.15) is 22.3 Å². The molecule has 0 fully saturated rings. The highest BCUT2D eigenvalue weighted by atomic mass is 32.2. The fourth-order valence-electron chi connectivity index (χ4n) is 9.75. The molecule has 0 N–H and O–H groups in total. The molecule has 0 saturated carbocycles. The quantitative estimate of drug-likeness (QED) is 0.162. The van der Waals surface area contributed by atoms with E-state index in [1.165, 1.54) is 53.2 Å². The first-order chi connectivity index (χ1) is 29.3. The fraction of sp³-hybridized carbons (Fsp3) is 0.0182. The van der Waals surface area contributed by atoms with Crippen LogP contribution in [0.25, 0.3) is 33.1 Å². The van der Waals surface area contributed by atoms with E-state index in [0.29, 0.717) is 0 Å². The minimum absolute atomic E-state index is 0.523. The lowest BCUT2D eigenvalue weighted by molar-refractivity contribution is 0.669. The molecule has 277 valence electrons. The zero-order chi connectivity index (χ0) is 38.9. The average molecular weight is 787 g/mol. The van der Waals surface area contributed by atoms with E-state index in [4.69, 9.17) is 4.42 Å². The van der Waals surface area contributed by atoms with Crippen molar-refractivity contribution in [2.24, 2.45) is 0 Å². The largest absolute Gasteiger partial charge is 0.456 e. The first kappa shape index (κ1) is 34.2. The number of rotatable bonds is 5. The Morgan fingerprint density at radius 1 is 0.390 bits per heavy atom. The standard InChI is InChI=1S/C55H36NOSSi/c1-4-16-37(17-5-1)38-28-31-43-44-32-29-41(36-50(44)57-49(43)34-38)56(39-18-6-2-7-19-39)40-30-33-54-48(35-40)55(45-22-10-13-25-51(45)58-52-26-14-11-23-46(52)55)47-24-12-15-27-53(47)59(54)42-20-8-3-9-21-42/h1-36H. The van der Waals surface area contributed by atoms with Crippen molar-refractivity contribution in [1.29, 1.82) is 0 Å². The van der Waals surface area contributed by atoms with Crippen LogP contribution in [-0.4, -0.2) is 8.80 Å². The molecule has 1 radical (unpaired) electrons. The topological polar surface area (TPSA) is 16.4 Å². The molecule has 0 unspecified atom stereocenters. The molecular weight excluding hydrogens is 751 g/mol. The molecule has 3 heterocycles. The summed E-state index contributed by atoms with van der Waals surface area (Å²) in [5.74, 6) is 0. The molecule has 1 aromatic heterocycles. The minimum Gasteiger partial charge on any atom is -0.456 e. The molecule has 0 aliphatic carbocycles. The second-order valence-electron chi connectivity index (χ2n) is 15.4. The van der Waals surface area contributed by atoms with E-state index in [1.54, 1.807) is 0 Å². The Balaban J connectivity index is 1.12. The summed E-state index contributed by atoms with van der Waals surface area (Å²) in [6.07, 6.45) is 0. The van der Waals surface area contributed by atoms with Gasteiger partial charge in [0.05, 0.1) is 5.41 Å². The molecule has 9 aromatic carbocycles. The van der Waals surface area contributed by atoms with E-state index in [2.05, 4.69) is 223 Å². The molecule has 4 heteroatoms. The maximum Gasteiger partial charge on any atom is 0.155 e. The average Bonchev–Trinajstić information content (AvgIpc) is 3.67. The third kappa shape index (κ3) is 5.27. The Morgan fingerprint density at radius 2 is 0.932 bits per heavy atom. The van der Waals surface area contributed by atoms with Crippen molar-refractivity contribution >= 4 is 75.1 Å². The molecule has 10 aromatic rings. The molecule has 12 rings (SSSR count). The summed E-state index contributed by atoms with van der Waals surface area (Å²) >= 11 is 1.89. The molecule has 59 heavy (non-hydrogen) atoms. The number of furan rings is 1. The molecule has 0 bridgehead atoms. The third-order valence-electron chi connectivity index (χ3n) is 12.2. The van der Waals surface area contributed by atoms with Gasteiger partial charge in [0.1, 0.15) is 11.2 Å². The van der Waals surface area contributed by atoms with Gasteiger partial charge in [-0.2, -0.15) is 0 Å². The van der Waals surface area contributed by atoms with Gasteiger partial charge in [-0.25, -0.2) is 0 Å². The van der Waals surface area contributed by atoms with E-state index in [9.17, 15) is 0 Å². The van der Waals surface area contributed by atoms with Crippen molar-refractivity contribution in [2.45, 2.75) is 15.2 Å². The number of benzene rings is 9. The first-order valence-electron chi connectivity index (χ1n) is 20.2. The maximum atomic E-state index is 6.71. The van der Waals surface area contributed by atoms with E-state index in [-0.39, 0.29) is 0 Å². The zero-order valence-electron chi connectivity index (χ0n) is 32.0. The highest BCUT2D eigenvalue weighted by Gasteiger charge is 2.51. The van der Waals surface area contributed by atoms with Gasteiger partial charge in [0.2, 0.25) is 0 Å². The summed E-state index contributed by atoms with van der Waals surface area (Å²) in [6.45, 7) is 0. The maximum absolute atomic E-state index is 6.71. The van der Waals surface area contributed by atoms with Gasteiger partial charge in [-0.05, 0) is 104 Å². The minimum atomic E-state index is -1.39. The van der Waals surface area contributed by atoms with Crippen LogP contribution in [0, 0.1) is 0 Å². The lowest BCUT2D eigenvalue weighted by Gasteiger charge is -2.48. The summed E-state index contributed by atoms with van der Waals surface area (Å²) in [7, 11) is -1.39. The normalized spacial score (nSPS) is 13.8. The lowest BCUT2D eigenvalue weighted by atomic mass is 9.64. The Kier molecular flexibility index (Phi) is 7.90. The van der Waals surface area contributed by atoms with Gasteiger partial charge in [-0.15, -0.1) is 0 Å². The van der Waals surface area contributed by atoms with Crippen LogP contribution in [-0.2, 0) is 5.41 Å². The summed E-state index contributed by atoms with van der Waals surface area (Å²) in [5.41, 5.74) is 12.2. The summed E-state index contributed by atoms with van der Waals surface area (Å²) < 4.78 is 6.71. The third-order valence-corrected chi connectivity index (χ3v) is 16.2. The summed E-state index contributed by atoms with van der Waals surface area (Å²) in [4.78, 5) is 5.01. The number of fused-ring (bicyclic) bond motifs is 11. The van der Waals surface area contributed by atoms with E-state index in [1.807, 2.05) is 11.8 Å². The van der Waals surface area contributed by atoms with Crippen LogP contribution < -0.4 is 20.5 Å². The van der Waals surface area contributed by atoms with Crippen LogP contribution in [0.2, 0.25) is 0 Å². The summed E-state index contributed by atoms with van der Waals surface area (Å²) in [5, 5.41) is 6.50.